The lowest BCUT2D eigenvalue weighted by atomic mass is 10.0. The lowest BCUT2D eigenvalue weighted by Gasteiger charge is -2.20. The van der Waals surface area contributed by atoms with Crippen LogP contribution in [0.4, 0.5) is 26.3 Å². The van der Waals surface area contributed by atoms with E-state index in [1.807, 2.05) is 6.92 Å². The van der Waals surface area contributed by atoms with Gasteiger partial charge in [0.25, 0.3) is 0 Å². The van der Waals surface area contributed by atoms with Crippen LogP contribution < -0.4 is 9.47 Å². The minimum absolute atomic E-state index is 0.0442. The zero-order valence-electron chi connectivity index (χ0n) is 15.9. The Bertz CT molecular complexity index is 1020. The molecule has 0 spiro atoms. The van der Waals surface area contributed by atoms with Gasteiger partial charge in [-0.05, 0) is 37.1 Å². The van der Waals surface area contributed by atoms with Crippen LogP contribution in [0, 0.1) is 30.2 Å². The Hall–Kier alpha value is -3.16. The monoisotopic (exact) mass is 426 g/mol. The number of hydrogen-bond acceptors (Lipinski definition) is 2. The van der Waals surface area contributed by atoms with Crippen LogP contribution in [-0.4, -0.2) is 6.61 Å². The van der Waals surface area contributed by atoms with Crippen LogP contribution in [0.2, 0.25) is 0 Å². The Balaban J connectivity index is 1.95. The highest BCUT2D eigenvalue weighted by Crippen LogP contribution is 2.38. The van der Waals surface area contributed by atoms with Gasteiger partial charge in [-0.25, -0.2) is 17.6 Å². The molecule has 0 aliphatic heterocycles. The van der Waals surface area contributed by atoms with Gasteiger partial charge in [0.15, 0.2) is 17.4 Å². The van der Waals surface area contributed by atoms with Crippen LogP contribution in [0.25, 0.3) is 11.1 Å². The van der Waals surface area contributed by atoms with E-state index < -0.39 is 46.4 Å². The summed E-state index contributed by atoms with van der Waals surface area (Å²) in [5, 5.41) is 0. The molecule has 3 aromatic carbocycles. The van der Waals surface area contributed by atoms with E-state index >= 15 is 0 Å². The van der Waals surface area contributed by atoms with E-state index in [1.165, 1.54) is 6.92 Å². The standard InChI is InChI=1S/C22H16F6O2/c1-3-29-21-18(25)10-15(11-19(21)26)30-22(27,28)20-16(23)8-14(9-17(20)24)13-6-4-12(2)5-7-13/h4-11H,3H2,1-2H3. The van der Waals surface area contributed by atoms with E-state index in [9.17, 15) is 26.3 Å². The molecule has 3 aromatic rings. The Morgan fingerprint density at radius 3 is 1.80 bits per heavy atom. The highest BCUT2D eigenvalue weighted by Gasteiger charge is 2.41. The summed E-state index contributed by atoms with van der Waals surface area (Å²) in [5.74, 6) is -7.45. The van der Waals surface area contributed by atoms with Crippen LogP contribution >= 0.6 is 0 Å². The summed E-state index contributed by atoms with van der Waals surface area (Å²) in [7, 11) is 0. The van der Waals surface area contributed by atoms with E-state index in [2.05, 4.69) is 4.74 Å². The normalized spacial score (nSPS) is 11.5. The summed E-state index contributed by atoms with van der Waals surface area (Å²) >= 11 is 0. The Labute approximate surface area is 168 Å². The summed E-state index contributed by atoms with van der Waals surface area (Å²) in [6.45, 7) is 3.23. The van der Waals surface area contributed by atoms with Gasteiger partial charge in [-0.2, -0.15) is 8.78 Å². The maximum absolute atomic E-state index is 14.5. The van der Waals surface area contributed by atoms with Gasteiger partial charge in [-0.1, -0.05) is 29.8 Å². The number of benzene rings is 3. The number of hydrogen-bond donors (Lipinski definition) is 0. The molecular weight excluding hydrogens is 410 g/mol. The summed E-state index contributed by atoms with van der Waals surface area (Å²) in [4.78, 5) is 0. The fourth-order valence-electron chi connectivity index (χ4n) is 2.84. The highest BCUT2D eigenvalue weighted by atomic mass is 19.3. The molecule has 2 nitrogen and oxygen atoms in total. The van der Waals surface area contributed by atoms with Crippen LogP contribution in [0.5, 0.6) is 11.5 Å². The molecule has 0 aliphatic carbocycles. The molecule has 0 bridgehead atoms. The molecule has 0 unspecified atom stereocenters. The second-order valence-corrected chi connectivity index (χ2v) is 6.45. The second kappa shape index (κ2) is 8.30. The minimum atomic E-state index is -4.54. The Morgan fingerprint density at radius 1 is 0.767 bits per heavy atom. The van der Waals surface area contributed by atoms with Crippen molar-refractivity contribution in [2.24, 2.45) is 0 Å². The first-order chi connectivity index (χ1) is 14.1. The van der Waals surface area contributed by atoms with Gasteiger partial charge in [-0.15, -0.1) is 0 Å². The first-order valence-corrected chi connectivity index (χ1v) is 8.87. The third-order valence-electron chi connectivity index (χ3n) is 4.22. The van der Waals surface area contributed by atoms with Crippen molar-refractivity contribution in [2.45, 2.75) is 20.0 Å². The van der Waals surface area contributed by atoms with E-state index in [0.717, 1.165) is 17.7 Å². The molecule has 0 radical (unpaired) electrons. The van der Waals surface area contributed by atoms with Crippen molar-refractivity contribution in [1.29, 1.82) is 0 Å². The lowest BCUT2D eigenvalue weighted by Crippen LogP contribution is -2.25. The number of rotatable bonds is 6. The lowest BCUT2D eigenvalue weighted by molar-refractivity contribution is -0.189. The van der Waals surface area contributed by atoms with Gasteiger partial charge < -0.3 is 9.47 Å². The first-order valence-electron chi connectivity index (χ1n) is 8.87. The number of alkyl halides is 2. The molecule has 0 saturated carbocycles. The molecule has 8 heteroatoms. The first kappa shape index (κ1) is 21.5. The maximum Gasteiger partial charge on any atom is 0.432 e. The number of halogens is 6. The van der Waals surface area contributed by atoms with Crippen molar-refractivity contribution in [3.63, 3.8) is 0 Å². The van der Waals surface area contributed by atoms with E-state index in [-0.39, 0.29) is 12.2 Å². The topological polar surface area (TPSA) is 18.5 Å². The van der Waals surface area contributed by atoms with E-state index in [0.29, 0.717) is 17.7 Å². The van der Waals surface area contributed by atoms with Crippen molar-refractivity contribution in [1.82, 2.24) is 0 Å². The van der Waals surface area contributed by atoms with Crippen LogP contribution in [0.1, 0.15) is 18.1 Å². The molecular formula is C22H16F6O2. The van der Waals surface area contributed by atoms with Gasteiger partial charge in [0.05, 0.1) is 6.61 Å². The fraction of sp³-hybridized carbons (Fsp3) is 0.182. The molecule has 158 valence electrons. The van der Waals surface area contributed by atoms with Crippen molar-refractivity contribution < 1.29 is 35.8 Å². The van der Waals surface area contributed by atoms with Crippen molar-refractivity contribution >= 4 is 0 Å². The molecule has 0 saturated heterocycles. The summed E-state index contributed by atoms with van der Waals surface area (Å²) < 4.78 is 94.5. The Morgan fingerprint density at radius 2 is 1.30 bits per heavy atom. The van der Waals surface area contributed by atoms with E-state index in [1.54, 1.807) is 24.3 Å². The van der Waals surface area contributed by atoms with Gasteiger partial charge in [-0.3, -0.25) is 0 Å². The predicted molar refractivity (Wildman–Crippen MR) is 98.6 cm³/mol. The summed E-state index contributed by atoms with van der Waals surface area (Å²) in [6.07, 6.45) is -4.54. The molecule has 0 heterocycles. The molecule has 0 amide bonds. The average Bonchev–Trinajstić information content (AvgIpc) is 2.64. The number of ether oxygens (including phenoxy) is 2. The third kappa shape index (κ3) is 4.37. The molecule has 0 aliphatic rings. The third-order valence-corrected chi connectivity index (χ3v) is 4.22. The van der Waals surface area contributed by atoms with Gasteiger partial charge >= 0.3 is 6.11 Å². The zero-order chi connectivity index (χ0) is 22.1. The van der Waals surface area contributed by atoms with Crippen LogP contribution in [0.3, 0.4) is 0 Å². The predicted octanol–water partition coefficient (Wildman–Crippen LogP) is 6.75. The summed E-state index contributed by atoms with van der Waals surface area (Å²) in [5.41, 5.74) is -0.299. The maximum atomic E-state index is 14.5. The largest absolute Gasteiger partial charge is 0.488 e. The van der Waals surface area contributed by atoms with Crippen molar-refractivity contribution in [2.75, 3.05) is 6.61 Å². The Kier molecular flexibility index (Phi) is 5.96. The minimum Gasteiger partial charge on any atom is -0.488 e. The molecule has 0 atom stereocenters. The van der Waals surface area contributed by atoms with Crippen LogP contribution in [-0.2, 0) is 6.11 Å². The zero-order valence-corrected chi connectivity index (χ0v) is 15.9. The van der Waals surface area contributed by atoms with Gasteiger partial charge in [0, 0.05) is 12.1 Å². The molecule has 3 rings (SSSR count). The highest BCUT2D eigenvalue weighted by molar-refractivity contribution is 5.64. The van der Waals surface area contributed by atoms with Gasteiger partial charge in [0.1, 0.15) is 22.9 Å². The van der Waals surface area contributed by atoms with Crippen molar-refractivity contribution in [3.05, 3.63) is 82.9 Å². The quantitative estimate of drug-likeness (QED) is 0.406. The van der Waals surface area contributed by atoms with Gasteiger partial charge in [0.2, 0.25) is 0 Å². The summed E-state index contributed by atoms with van der Waals surface area (Å²) in [6, 6.07) is 8.93. The SMILES string of the molecule is CCOc1c(F)cc(OC(F)(F)c2c(F)cc(-c3ccc(C)cc3)cc2F)cc1F. The molecule has 0 aromatic heterocycles. The second-order valence-electron chi connectivity index (χ2n) is 6.45. The van der Waals surface area contributed by atoms with Crippen molar-refractivity contribution in [3.8, 4) is 22.6 Å². The number of aryl methyl sites for hydroxylation is 1. The molecule has 0 N–H and O–H groups in total. The van der Waals surface area contributed by atoms with Crippen LogP contribution in [0.15, 0.2) is 48.5 Å². The fourth-order valence-corrected chi connectivity index (χ4v) is 2.84. The van der Waals surface area contributed by atoms with E-state index in [4.69, 9.17) is 4.74 Å². The average molecular weight is 426 g/mol. The smallest absolute Gasteiger partial charge is 0.432 e. The molecule has 0 fully saturated rings. The molecule has 30 heavy (non-hydrogen) atoms.